The number of hydrogen-bond donors (Lipinski definition) is 0. The number of aldehydes is 1. The van der Waals surface area contributed by atoms with Crippen LogP contribution in [0.25, 0.3) is 0 Å². The van der Waals surface area contributed by atoms with Crippen LogP contribution in [0, 0.1) is 0 Å². The molecule has 0 saturated carbocycles. The topological polar surface area (TPSA) is 52.6 Å². The van der Waals surface area contributed by atoms with Crippen molar-refractivity contribution in [2.45, 2.75) is 5.92 Å². The Labute approximate surface area is 129 Å². The lowest BCUT2D eigenvalue weighted by molar-refractivity contribution is -0.108. The van der Waals surface area contributed by atoms with Crippen molar-refractivity contribution in [3.05, 3.63) is 58.1 Å². The first kappa shape index (κ1) is 13.8. The third-order valence-electron chi connectivity index (χ3n) is 3.30. The molecule has 21 heavy (non-hydrogen) atoms. The van der Waals surface area contributed by atoms with Crippen LogP contribution in [0.1, 0.15) is 21.8 Å². The molecule has 1 heterocycles. The molecule has 1 atom stereocenters. The van der Waals surface area contributed by atoms with Gasteiger partial charge in [0, 0.05) is 10.0 Å². The standard InChI is InChI=1S/C16H11BrO4/c17-13-7-15-14(20-9-21-15)6-11(13)16(19)12(8-18)10-4-2-1-3-5-10/h1-8,12H,9H2. The Morgan fingerprint density at radius 2 is 1.81 bits per heavy atom. The second-order valence-corrected chi connectivity index (χ2v) is 5.43. The average molecular weight is 347 g/mol. The molecule has 5 heteroatoms. The summed E-state index contributed by atoms with van der Waals surface area (Å²) >= 11 is 3.35. The lowest BCUT2D eigenvalue weighted by Crippen LogP contribution is -2.14. The van der Waals surface area contributed by atoms with Crippen LogP contribution in [0.5, 0.6) is 11.5 Å². The van der Waals surface area contributed by atoms with Crippen molar-refractivity contribution in [3.8, 4) is 11.5 Å². The highest BCUT2D eigenvalue weighted by molar-refractivity contribution is 9.10. The number of ether oxygens (including phenoxy) is 2. The van der Waals surface area contributed by atoms with Crippen LogP contribution >= 0.6 is 15.9 Å². The van der Waals surface area contributed by atoms with Crippen LogP contribution in [0.15, 0.2) is 46.9 Å². The molecule has 0 bridgehead atoms. The van der Waals surface area contributed by atoms with Gasteiger partial charge in [0.25, 0.3) is 0 Å². The maximum absolute atomic E-state index is 12.6. The van der Waals surface area contributed by atoms with E-state index in [0.717, 1.165) is 0 Å². The lowest BCUT2D eigenvalue weighted by atomic mass is 9.92. The molecule has 0 fully saturated rings. The van der Waals surface area contributed by atoms with Gasteiger partial charge in [-0.3, -0.25) is 4.79 Å². The molecule has 0 saturated heterocycles. The van der Waals surface area contributed by atoms with Gasteiger partial charge in [0.15, 0.2) is 17.3 Å². The highest BCUT2D eigenvalue weighted by Crippen LogP contribution is 2.38. The van der Waals surface area contributed by atoms with Gasteiger partial charge in [0.2, 0.25) is 6.79 Å². The van der Waals surface area contributed by atoms with Crippen molar-refractivity contribution in [2.24, 2.45) is 0 Å². The van der Waals surface area contributed by atoms with Crippen molar-refractivity contribution in [3.63, 3.8) is 0 Å². The number of carbonyl (C=O) groups is 2. The van der Waals surface area contributed by atoms with E-state index in [0.29, 0.717) is 33.4 Å². The van der Waals surface area contributed by atoms with Gasteiger partial charge in [0.1, 0.15) is 12.2 Å². The van der Waals surface area contributed by atoms with Crippen LogP contribution < -0.4 is 9.47 Å². The molecule has 4 nitrogen and oxygen atoms in total. The number of halogens is 1. The third-order valence-corrected chi connectivity index (χ3v) is 3.96. The molecular formula is C16H11BrO4. The molecule has 0 aromatic heterocycles. The van der Waals surface area contributed by atoms with Gasteiger partial charge < -0.3 is 14.3 Å². The first-order valence-electron chi connectivity index (χ1n) is 6.34. The Balaban J connectivity index is 2.00. The third kappa shape index (κ3) is 2.56. The fourth-order valence-electron chi connectivity index (χ4n) is 2.23. The average Bonchev–Trinajstić information content (AvgIpc) is 2.95. The molecule has 3 rings (SSSR count). The van der Waals surface area contributed by atoms with E-state index >= 15 is 0 Å². The van der Waals surface area contributed by atoms with Crippen molar-refractivity contribution in [2.75, 3.05) is 6.79 Å². The summed E-state index contributed by atoms with van der Waals surface area (Å²) in [5.74, 6) is -0.00991. The predicted molar refractivity (Wildman–Crippen MR) is 79.8 cm³/mol. The van der Waals surface area contributed by atoms with Crippen LogP contribution in [0.2, 0.25) is 0 Å². The SMILES string of the molecule is O=CC(C(=O)c1cc2c(cc1Br)OCO2)c1ccccc1. The number of hydrogen-bond acceptors (Lipinski definition) is 4. The van der Waals surface area contributed by atoms with Gasteiger partial charge in [-0.15, -0.1) is 0 Å². The van der Waals surface area contributed by atoms with Crippen LogP contribution in [0.3, 0.4) is 0 Å². The molecule has 2 aromatic rings. The van der Waals surface area contributed by atoms with E-state index in [-0.39, 0.29) is 12.6 Å². The monoisotopic (exact) mass is 346 g/mol. The summed E-state index contributed by atoms with van der Waals surface area (Å²) in [6.07, 6.45) is 0.661. The van der Waals surface area contributed by atoms with E-state index < -0.39 is 5.92 Å². The van der Waals surface area contributed by atoms with Gasteiger partial charge in [0.05, 0.1) is 0 Å². The minimum atomic E-state index is -0.831. The van der Waals surface area contributed by atoms with E-state index in [4.69, 9.17) is 9.47 Å². The number of fused-ring (bicyclic) bond motifs is 1. The minimum Gasteiger partial charge on any atom is -0.454 e. The molecule has 0 spiro atoms. The van der Waals surface area contributed by atoms with E-state index in [1.54, 1.807) is 36.4 Å². The second-order valence-electron chi connectivity index (χ2n) is 4.57. The number of ketones is 1. The smallest absolute Gasteiger partial charge is 0.231 e. The maximum atomic E-state index is 12.6. The van der Waals surface area contributed by atoms with Crippen molar-refractivity contribution < 1.29 is 19.1 Å². The van der Waals surface area contributed by atoms with Crippen LogP contribution in [-0.2, 0) is 4.79 Å². The fourth-order valence-corrected chi connectivity index (χ4v) is 2.74. The Morgan fingerprint density at radius 1 is 1.14 bits per heavy atom. The van der Waals surface area contributed by atoms with Gasteiger partial charge >= 0.3 is 0 Å². The van der Waals surface area contributed by atoms with E-state index in [2.05, 4.69) is 15.9 Å². The Kier molecular flexibility index (Phi) is 3.75. The van der Waals surface area contributed by atoms with Crippen LogP contribution in [-0.4, -0.2) is 18.9 Å². The number of benzene rings is 2. The molecule has 106 valence electrons. The Morgan fingerprint density at radius 3 is 2.48 bits per heavy atom. The molecule has 0 amide bonds. The molecular weight excluding hydrogens is 336 g/mol. The van der Waals surface area contributed by atoms with Gasteiger partial charge in [-0.25, -0.2) is 0 Å². The first-order valence-corrected chi connectivity index (χ1v) is 7.13. The maximum Gasteiger partial charge on any atom is 0.231 e. The summed E-state index contributed by atoms with van der Waals surface area (Å²) in [6, 6.07) is 12.3. The molecule has 2 aromatic carbocycles. The van der Waals surface area contributed by atoms with E-state index in [9.17, 15) is 9.59 Å². The molecule has 1 aliphatic rings. The summed E-state index contributed by atoms with van der Waals surface area (Å²) in [6.45, 7) is 0.134. The quantitative estimate of drug-likeness (QED) is 0.484. The number of rotatable bonds is 4. The van der Waals surface area contributed by atoms with E-state index in [1.165, 1.54) is 0 Å². The van der Waals surface area contributed by atoms with Crippen molar-refractivity contribution >= 4 is 28.0 Å². The minimum absolute atomic E-state index is 0.134. The highest BCUT2D eigenvalue weighted by Gasteiger charge is 2.26. The zero-order valence-corrected chi connectivity index (χ0v) is 12.5. The molecule has 1 aliphatic heterocycles. The molecule has 1 unspecified atom stereocenters. The summed E-state index contributed by atoms with van der Waals surface area (Å²) < 4.78 is 11.1. The Bertz CT molecular complexity index is 697. The van der Waals surface area contributed by atoms with Gasteiger partial charge in [-0.1, -0.05) is 30.3 Å². The Hall–Kier alpha value is -2.14. The predicted octanol–water partition coefficient (Wildman–Crippen LogP) is 3.34. The summed E-state index contributed by atoms with van der Waals surface area (Å²) in [4.78, 5) is 24.0. The second kappa shape index (κ2) is 5.69. The normalized spacial score (nSPS) is 13.8. The summed E-state index contributed by atoms with van der Waals surface area (Å²) in [5.41, 5.74) is 1.07. The largest absolute Gasteiger partial charge is 0.454 e. The zero-order valence-electron chi connectivity index (χ0n) is 10.9. The highest BCUT2D eigenvalue weighted by atomic mass is 79.9. The van der Waals surface area contributed by atoms with Crippen molar-refractivity contribution in [1.29, 1.82) is 0 Å². The fraction of sp³-hybridized carbons (Fsp3) is 0.125. The van der Waals surface area contributed by atoms with Gasteiger partial charge in [-0.05, 0) is 33.6 Å². The number of Topliss-reactive ketones (excluding diaryl/α,β-unsaturated/α-hetero) is 1. The molecule has 0 radical (unpaired) electrons. The lowest BCUT2D eigenvalue weighted by Gasteiger charge is -2.11. The van der Waals surface area contributed by atoms with Gasteiger partial charge in [-0.2, -0.15) is 0 Å². The first-order chi connectivity index (χ1) is 10.2. The van der Waals surface area contributed by atoms with E-state index in [1.807, 2.05) is 6.07 Å². The summed E-state index contributed by atoms with van der Waals surface area (Å²) in [5, 5.41) is 0. The summed E-state index contributed by atoms with van der Waals surface area (Å²) in [7, 11) is 0. The van der Waals surface area contributed by atoms with Crippen molar-refractivity contribution in [1.82, 2.24) is 0 Å². The molecule has 0 N–H and O–H groups in total. The number of carbonyl (C=O) groups excluding carboxylic acids is 2. The molecule has 0 aliphatic carbocycles. The van der Waals surface area contributed by atoms with Crippen LogP contribution in [0.4, 0.5) is 0 Å². The zero-order chi connectivity index (χ0) is 14.8.